The second-order valence-corrected chi connectivity index (χ2v) is 4.84. The molecule has 1 aliphatic rings. The highest BCUT2D eigenvalue weighted by Crippen LogP contribution is 2.32. The minimum absolute atomic E-state index is 0.153. The van der Waals surface area contributed by atoms with E-state index in [1.165, 1.54) is 0 Å². The van der Waals surface area contributed by atoms with Gasteiger partial charge in [-0.3, -0.25) is 10.6 Å². The standard InChI is InChI=1S/C16H14N2O4/c1-10-2-4-11(5-3-10)15(17)18-22-16(19)12-6-7-13-14(8-12)21-9-20-13/h2-8H,9H2,1H3,(H2,17,18)/p+1. The van der Waals surface area contributed by atoms with E-state index in [0.717, 1.165) is 11.1 Å². The van der Waals surface area contributed by atoms with Gasteiger partial charge in [-0.1, -0.05) is 22.9 Å². The molecule has 0 saturated carbocycles. The molecule has 0 unspecified atom stereocenters. The average molecular weight is 299 g/mol. The molecule has 0 aliphatic carbocycles. The fourth-order valence-electron chi connectivity index (χ4n) is 1.98. The van der Waals surface area contributed by atoms with Crippen LogP contribution in [0.4, 0.5) is 0 Å². The summed E-state index contributed by atoms with van der Waals surface area (Å²) in [5, 5.41) is 2.46. The summed E-state index contributed by atoms with van der Waals surface area (Å²) in [7, 11) is 0. The van der Waals surface area contributed by atoms with Crippen LogP contribution in [0.15, 0.2) is 42.5 Å². The Hall–Kier alpha value is -3.02. The summed E-state index contributed by atoms with van der Waals surface area (Å²) in [6.45, 7) is 2.13. The van der Waals surface area contributed by atoms with Gasteiger partial charge in [-0.25, -0.2) is 4.79 Å². The number of nitrogen functional groups attached to an aromatic ring is 1. The van der Waals surface area contributed by atoms with Crippen LogP contribution in [0.5, 0.6) is 11.5 Å². The number of aryl methyl sites for hydroxylation is 1. The average Bonchev–Trinajstić information content (AvgIpc) is 3.00. The Morgan fingerprint density at radius 1 is 1.09 bits per heavy atom. The molecule has 22 heavy (non-hydrogen) atoms. The van der Waals surface area contributed by atoms with Crippen molar-refractivity contribution in [3.05, 3.63) is 59.2 Å². The molecule has 0 saturated heterocycles. The molecule has 0 bridgehead atoms. The van der Waals surface area contributed by atoms with Crippen molar-refractivity contribution in [1.82, 2.24) is 0 Å². The Balaban J connectivity index is 1.71. The number of carbonyl (C=O) groups excluding carboxylic acids is 1. The molecule has 0 amide bonds. The summed E-state index contributed by atoms with van der Waals surface area (Å²) in [6.07, 6.45) is 0. The molecule has 2 aromatic carbocycles. The highest BCUT2D eigenvalue weighted by Gasteiger charge is 2.18. The third-order valence-electron chi connectivity index (χ3n) is 3.22. The highest BCUT2D eigenvalue weighted by molar-refractivity contribution is 5.93. The smallest absolute Gasteiger partial charge is 0.388 e. The van der Waals surface area contributed by atoms with Crippen LogP contribution in [-0.4, -0.2) is 18.6 Å². The van der Waals surface area contributed by atoms with Crippen molar-refractivity contribution in [3.8, 4) is 11.5 Å². The first-order valence-electron chi connectivity index (χ1n) is 6.70. The number of carbonyl (C=O) groups is 1. The molecule has 6 heteroatoms. The van der Waals surface area contributed by atoms with Gasteiger partial charge in [0.05, 0.1) is 11.1 Å². The maximum atomic E-state index is 12.0. The largest absolute Gasteiger partial charge is 0.454 e. The Morgan fingerprint density at radius 3 is 2.55 bits per heavy atom. The van der Waals surface area contributed by atoms with Crippen LogP contribution in [0, 0.1) is 6.92 Å². The number of rotatable bonds is 3. The van der Waals surface area contributed by atoms with E-state index in [1.54, 1.807) is 18.2 Å². The van der Waals surface area contributed by atoms with E-state index in [9.17, 15) is 4.79 Å². The van der Waals surface area contributed by atoms with Gasteiger partial charge in [0, 0.05) is 0 Å². The second-order valence-electron chi connectivity index (χ2n) is 4.84. The summed E-state index contributed by atoms with van der Waals surface area (Å²) in [4.78, 5) is 17.0. The summed E-state index contributed by atoms with van der Waals surface area (Å²) < 4.78 is 10.4. The predicted octanol–water partition coefficient (Wildman–Crippen LogP) is 0.282. The Morgan fingerprint density at radius 2 is 1.77 bits per heavy atom. The fraction of sp³-hybridized carbons (Fsp3) is 0.125. The zero-order chi connectivity index (χ0) is 15.5. The molecule has 6 nitrogen and oxygen atoms in total. The number of nitrogens with two attached hydrogens (primary N) is 1. The second kappa shape index (κ2) is 5.77. The van der Waals surface area contributed by atoms with Crippen LogP contribution in [0.1, 0.15) is 21.5 Å². The quantitative estimate of drug-likeness (QED) is 0.368. The van der Waals surface area contributed by atoms with E-state index in [-0.39, 0.29) is 12.6 Å². The van der Waals surface area contributed by atoms with E-state index < -0.39 is 5.97 Å². The van der Waals surface area contributed by atoms with Gasteiger partial charge in [0.25, 0.3) is 0 Å². The van der Waals surface area contributed by atoms with Gasteiger partial charge in [-0.15, -0.1) is 0 Å². The summed E-state index contributed by atoms with van der Waals surface area (Å²) in [6, 6.07) is 12.3. The maximum absolute atomic E-state index is 12.0. The minimum Gasteiger partial charge on any atom is -0.454 e. The van der Waals surface area contributed by atoms with Gasteiger partial charge in [0.15, 0.2) is 11.5 Å². The van der Waals surface area contributed by atoms with Gasteiger partial charge in [0.2, 0.25) is 6.79 Å². The lowest BCUT2D eigenvalue weighted by Crippen LogP contribution is -2.75. The zero-order valence-corrected chi connectivity index (χ0v) is 12.0. The van der Waals surface area contributed by atoms with Crippen LogP contribution in [-0.2, 0) is 4.84 Å². The van der Waals surface area contributed by atoms with Crippen molar-refractivity contribution in [2.75, 3.05) is 6.79 Å². The van der Waals surface area contributed by atoms with Crippen molar-refractivity contribution in [3.63, 3.8) is 0 Å². The highest BCUT2D eigenvalue weighted by atomic mass is 16.7. The Labute approximate surface area is 127 Å². The van der Waals surface area contributed by atoms with Crippen LogP contribution >= 0.6 is 0 Å². The lowest BCUT2D eigenvalue weighted by Gasteiger charge is -2.00. The van der Waals surface area contributed by atoms with E-state index in [1.807, 2.05) is 31.2 Å². The van der Waals surface area contributed by atoms with Gasteiger partial charge < -0.3 is 9.47 Å². The molecule has 3 N–H and O–H groups in total. The maximum Gasteiger partial charge on any atom is 0.388 e. The Kier molecular flexibility index (Phi) is 3.65. The number of hydrogen-bond acceptors (Lipinski definition) is 4. The molecule has 1 heterocycles. The minimum atomic E-state index is -0.562. The van der Waals surface area contributed by atoms with Crippen molar-refractivity contribution in [2.24, 2.45) is 5.73 Å². The molecule has 3 rings (SSSR count). The zero-order valence-electron chi connectivity index (χ0n) is 12.0. The lowest BCUT2D eigenvalue weighted by molar-refractivity contribution is -0.721. The van der Waals surface area contributed by atoms with E-state index in [2.05, 4.69) is 5.16 Å². The third-order valence-corrected chi connectivity index (χ3v) is 3.22. The van der Waals surface area contributed by atoms with Gasteiger partial charge in [-0.05, 0) is 37.3 Å². The number of amidine groups is 1. The molecule has 0 radical (unpaired) electrons. The molecular weight excluding hydrogens is 284 g/mol. The van der Waals surface area contributed by atoms with Crippen LogP contribution in [0.25, 0.3) is 0 Å². The number of benzene rings is 2. The van der Waals surface area contributed by atoms with E-state index >= 15 is 0 Å². The molecule has 0 fully saturated rings. The number of nitrogens with one attached hydrogen (secondary N) is 1. The van der Waals surface area contributed by atoms with Gasteiger partial charge >= 0.3 is 11.8 Å². The molecule has 112 valence electrons. The molecule has 0 aromatic heterocycles. The number of ether oxygens (including phenoxy) is 2. The first-order valence-corrected chi connectivity index (χ1v) is 6.70. The van der Waals surface area contributed by atoms with Gasteiger partial charge in [0.1, 0.15) is 0 Å². The van der Waals surface area contributed by atoms with Crippen molar-refractivity contribution in [1.29, 1.82) is 0 Å². The summed E-state index contributed by atoms with van der Waals surface area (Å²) in [5.41, 5.74) is 8.05. The SMILES string of the molecule is Cc1ccc(C(N)=[NH+]OC(=O)c2ccc3c(c2)OCO3)cc1. The monoisotopic (exact) mass is 299 g/mol. The molecule has 2 aromatic rings. The fourth-order valence-corrected chi connectivity index (χ4v) is 1.98. The normalized spacial score (nSPS) is 13.0. The van der Waals surface area contributed by atoms with E-state index in [0.29, 0.717) is 17.1 Å². The third kappa shape index (κ3) is 2.85. The Bertz CT molecular complexity index is 738. The predicted molar refractivity (Wildman–Crippen MR) is 78.4 cm³/mol. The van der Waals surface area contributed by atoms with Crippen molar-refractivity contribution < 1.29 is 24.3 Å². The first-order chi connectivity index (χ1) is 10.6. The van der Waals surface area contributed by atoms with Gasteiger partial charge in [-0.2, -0.15) is 0 Å². The summed E-state index contributed by atoms with van der Waals surface area (Å²) >= 11 is 0. The molecule has 1 aliphatic heterocycles. The van der Waals surface area contributed by atoms with Crippen LogP contribution in [0.2, 0.25) is 0 Å². The lowest BCUT2D eigenvalue weighted by atomic mass is 10.1. The summed E-state index contributed by atoms with van der Waals surface area (Å²) in [5.74, 6) is 0.822. The number of hydrogen-bond donors (Lipinski definition) is 2. The molecule has 0 atom stereocenters. The first kappa shape index (κ1) is 13.9. The molecular formula is C16H15N2O4+. The van der Waals surface area contributed by atoms with Crippen molar-refractivity contribution >= 4 is 11.8 Å². The topological polar surface area (TPSA) is 84.8 Å². The van der Waals surface area contributed by atoms with Crippen LogP contribution in [0.3, 0.4) is 0 Å². The van der Waals surface area contributed by atoms with Crippen molar-refractivity contribution in [2.45, 2.75) is 6.92 Å². The molecule has 0 spiro atoms. The van der Waals surface area contributed by atoms with Crippen LogP contribution < -0.4 is 20.4 Å². The van der Waals surface area contributed by atoms with E-state index in [4.69, 9.17) is 20.0 Å². The number of fused-ring (bicyclic) bond motifs is 1.